The predicted molar refractivity (Wildman–Crippen MR) is 153 cm³/mol. The molecule has 1 fully saturated rings. The van der Waals surface area contributed by atoms with Gasteiger partial charge in [0, 0.05) is 42.9 Å². The minimum atomic E-state index is -0.684. The van der Waals surface area contributed by atoms with E-state index in [9.17, 15) is 5.11 Å². The van der Waals surface area contributed by atoms with Gasteiger partial charge in [0.05, 0.1) is 54.2 Å². The number of aromatic amines is 1. The lowest BCUT2D eigenvalue weighted by Gasteiger charge is -2.31. The number of hydrogen-bond donors (Lipinski definition) is 4. The van der Waals surface area contributed by atoms with Gasteiger partial charge in [0.15, 0.2) is 0 Å². The SMILES string of the molecule is CCOC(N)C1=C(\N[C@@H](C)CO)CN(C)[C@H]2COC[C@H]2Oc2c(c(C)nn2C)-c2cc3c([nH]nc3c(C)n2)\C=C\1. The van der Waals surface area contributed by atoms with Crippen LogP contribution in [0.5, 0.6) is 5.88 Å². The molecule has 3 aromatic rings. The number of nitrogens with one attached hydrogen (secondary N) is 2. The van der Waals surface area contributed by atoms with Gasteiger partial charge in [-0.25, -0.2) is 4.68 Å². The summed E-state index contributed by atoms with van der Waals surface area (Å²) in [5, 5.41) is 26.6. The fourth-order valence-electron chi connectivity index (χ4n) is 5.44. The summed E-state index contributed by atoms with van der Waals surface area (Å²) < 4.78 is 20.2. The second-order valence-corrected chi connectivity index (χ2v) is 10.6. The molecule has 0 aromatic carbocycles. The van der Waals surface area contributed by atoms with E-state index in [1.807, 2.05) is 60.0 Å². The Morgan fingerprint density at radius 1 is 1.25 bits per heavy atom. The summed E-state index contributed by atoms with van der Waals surface area (Å²) in [4.78, 5) is 7.09. The van der Waals surface area contributed by atoms with Gasteiger partial charge in [0.2, 0.25) is 5.88 Å². The number of hydrogen-bond acceptors (Lipinski definition) is 10. The van der Waals surface area contributed by atoms with Gasteiger partial charge in [-0.1, -0.05) is 6.08 Å². The standard InChI is InChI=1S/C28H40N8O4/c1-7-39-27(29)18-8-9-20-19-10-21(31-17(4)26(19)33-32-20)25-16(3)34-36(6)28(25)40-24-14-38-13-23(24)35(5)11-22(18)30-15(2)12-37/h8-10,15,23-24,27,30,37H,7,11-14,29H2,1-6H3,(H,32,33)/b9-8+,22-18-/t15-,23-,24+,27?/m0/s1. The van der Waals surface area contributed by atoms with Gasteiger partial charge < -0.3 is 30.4 Å². The number of ether oxygens (including phenoxy) is 3. The first-order valence-electron chi connectivity index (χ1n) is 13.7. The van der Waals surface area contributed by atoms with Crippen molar-refractivity contribution >= 4 is 17.0 Å². The van der Waals surface area contributed by atoms with Crippen LogP contribution in [0.2, 0.25) is 0 Å². The predicted octanol–water partition coefficient (Wildman–Crippen LogP) is 1.63. The topological polar surface area (TPSA) is 149 Å². The lowest BCUT2D eigenvalue weighted by Crippen LogP contribution is -2.47. The minimum Gasteiger partial charge on any atom is -0.470 e. The second-order valence-electron chi connectivity index (χ2n) is 10.6. The first kappa shape index (κ1) is 28.2. The summed E-state index contributed by atoms with van der Waals surface area (Å²) in [6.07, 6.45) is 3.00. The molecule has 5 heterocycles. The van der Waals surface area contributed by atoms with Gasteiger partial charge in [-0.15, -0.1) is 0 Å². The number of nitrogens with zero attached hydrogens (tertiary/aromatic N) is 5. The normalized spacial score (nSPS) is 24.2. The molecule has 4 atom stereocenters. The Balaban J connectivity index is 1.73. The molecular weight excluding hydrogens is 512 g/mol. The van der Waals surface area contributed by atoms with E-state index < -0.39 is 6.23 Å². The average molecular weight is 553 g/mol. The second kappa shape index (κ2) is 11.7. The number of aliphatic hydroxyl groups excluding tert-OH is 1. The number of aliphatic hydroxyl groups is 1. The van der Waals surface area contributed by atoms with Crippen LogP contribution in [0, 0.1) is 13.8 Å². The van der Waals surface area contributed by atoms with Gasteiger partial charge in [-0.2, -0.15) is 10.2 Å². The van der Waals surface area contributed by atoms with E-state index in [1.165, 1.54) is 0 Å². The van der Waals surface area contributed by atoms with Crippen molar-refractivity contribution in [2.45, 2.75) is 52.1 Å². The molecule has 3 aromatic heterocycles. The number of H-pyrrole nitrogens is 1. The van der Waals surface area contributed by atoms with Gasteiger partial charge in [0.1, 0.15) is 17.8 Å². The van der Waals surface area contributed by atoms with Crippen LogP contribution in [0.15, 0.2) is 23.4 Å². The summed E-state index contributed by atoms with van der Waals surface area (Å²) in [6.45, 7) is 9.64. The first-order chi connectivity index (χ1) is 19.2. The highest BCUT2D eigenvalue weighted by atomic mass is 16.6. The van der Waals surface area contributed by atoms with Crippen LogP contribution in [0.4, 0.5) is 0 Å². The lowest BCUT2D eigenvalue weighted by molar-refractivity contribution is 0.0919. The number of rotatable bonds is 6. The minimum absolute atomic E-state index is 0.0325. The summed E-state index contributed by atoms with van der Waals surface area (Å²) in [5.41, 5.74) is 13.0. The van der Waals surface area contributed by atoms with Crippen molar-refractivity contribution in [1.82, 2.24) is 35.2 Å². The highest BCUT2D eigenvalue weighted by molar-refractivity contribution is 5.91. The molecule has 2 aliphatic heterocycles. The van der Waals surface area contributed by atoms with Crippen LogP contribution in [0.3, 0.4) is 0 Å². The van der Waals surface area contributed by atoms with Crippen molar-refractivity contribution < 1.29 is 19.3 Å². The van der Waals surface area contributed by atoms with Crippen LogP contribution >= 0.6 is 0 Å². The fourth-order valence-corrected chi connectivity index (χ4v) is 5.44. The van der Waals surface area contributed by atoms with E-state index in [-0.39, 0.29) is 24.8 Å². The summed E-state index contributed by atoms with van der Waals surface area (Å²) in [6, 6.07) is 1.78. The number of aromatic nitrogens is 5. The lowest BCUT2D eigenvalue weighted by atomic mass is 10.1. The van der Waals surface area contributed by atoms with Gasteiger partial charge >= 0.3 is 0 Å². The summed E-state index contributed by atoms with van der Waals surface area (Å²) in [7, 11) is 3.92. The van der Waals surface area contributed by atoms with Crippen molar-refractivity contribution in [3.8, 4) is 17.1 Å². The molecule has 1 saturated heterocycles. The third-order valence-electron chi connectivity index (χ3n) is 7.53. The van der Waals surface area contributed by atoms with E-state index in [2.05, 4.69) is 25.5 Å². The Kier molecular flexibility index (Phi) is 8.24. The quantitative estimate of drug-likeness (QED) is 0.333. The third kappa shape index (κ3) is 5.37. The monoisotopic (exact) mass is 552 g/mol. The Morgan fingerprint density at radius 2 is 2.05 bits per heavy atom. The zero-order valence-electron chi connectivity index (χ0n) is 24.1. The number of pyridine rings is 1. The zero-order valence-corrected chi connectivity index (χ0v) is 24.1. The van der Waals surface area contributed by atoms with Crippen molar-refractivity contribution in [2.75, 3.05) is 40.0 Å². The Hall–Kier alpha value is -3.29. The molecule has 0 radical (unpaired) electrons. The third-order valence-corrected chi connectivity index (χ3v) is 7.53. The molecule has 0 aliphatic carbocycles. The van der Waals surface area contributed by atoms with Gasteiger partial charge in [0.25, 0.3) is 0 Å². The molecule has 2 bridgehead atoms. The number of nitrogens with two attached hydrogens (primary N) is 1. The number of aryl methyl sites for hydroxylation is 3. The van der Waals surface area contributed by atoms with Crippen LogP contribution < -0.4 is 15.8 Å². The molecule has 0 amide bonds. The van der Waals surface area contributed by atoms with Crippen molar-refractivity contribution in [1.29, 1.82) is 0 Å². The molecule has 5 N–H and O–H groups in total. The molecule has 0 saturated carbocycles. The Morgan fingerprint density at radius 3 is 2.80 bits per heavy atom. The average Bonchev–Trinajstić information content (AvgIpc) is 3.61. The number of likely N-dealkylation sites (N-methyl/N-ethyl adjacent to an activating group) is 1. The molecule has 2 aliphatic rings. The van der Waals surface area contributed by atoms with E-state index in [0.29, 0.717) is 32.2 Å². The van der Waals surface area contributed by atoms with Crippen molar-refractivity contribution in [3.63, 3.8) is 0 Å². The number of fused-ring (bicyclic) bond motifs is 4. The van der Waals surface area contributed by atoms with Crippen molar-refractivity contribution in [3.05, 3.63) is 40.5 Å². The molecule has 40 heavy (non-hydrogen) atoms. The van der Waals surface area contributed by atoms with Crippen LogP contribution in [-0.2, 0) is 16.5 Å². The highest BCUT2D eigenvalue weighted by Crippen LogP contribution is 2.36. The largest absolute Gasteiger partial charge is 0.470 e. The van der Waals surface area contributed by atoms with E-state index in [4.69, 9.17) is 24.9 Å². The molecule has 12 nitrogen and oxygen atoms in total. The maximum Gasteiger partial charge on any atom is 0.221 e. The molecule has 12 heteroatoms. The van der Waals surface area contributed by atoms with Gasteiger partial charge in [-0.3, -0.25) is 15.0 Å². The van der Waals surface area contributed by atoms with Crippen LogP contribution in [-0.4, -0.2) is 99.4 Å². The smallest absolute Gasteiger partial charge is 0.221 e. The highest BCUT2D eigenvalue weighted by Gasteiger charge is 2.36. The summed E-state index contributed by atoms with van der Waals surface area (Å²) >= 11 is 0. The van der Waals surface area contributed by atoms with E-state index >= 15 is 0 Å². The maximum atomic E-state index is 9.87. The zero-order chi connectivity index (χ0) is 28.6. The fraction of sp³-hybridized carbons (Fsp3) is 0.536. The van der Waals surface area contributed by atoms with E-state index in [1.54, 1.807) is 4.68 Å². The maximum absolute atomic E-state index is 9.87. The Labute approximate surface area is 234 Å². The van der Waals surface area contributed by atoms with E-state index in [0.717, 1.165) is 50.5 Å². The van der Waals surface area contributed by atoms with Gasteiger partial charge in [-0.05, 0) is 46.9 Å². The molecular formula is C28H40N8O4. The Bertz CT molecular complexity index is 1430. The molecule has 1 unspecified atom stereocenters. The first-order valence-corrected chi connectivity index (χ1v) is 13.7. The van der Waals surface area contributed by atoms with Crippen LogP contribution in [0.25, 0.3) is 28.2 Å². The molecule has 216 valence electrons. The molecule has 0 spiro atoms. The molecule has 5 rings (SSSR count). The van der Waals surface area contributed by atoms with Crippen molar-refractivity contribution in [2.24, 2.45) is 12.8 Å². The van der Waals surface area contributed by atoms with Crippen LogP contribution in [0.1, 0.15) is 30.9 Å². The summed E-state index contributed by atoms with van der Waals surface area (Å²) in [5.74, 6) is 0.648.